The average Bonchev–Trinajstić information content (AvgIpc) is 1.99. The minimum atomic E-state index is 0.827. The number of hydrogen-bond acceptors (Lipinski definition) is 0. The van der Waals surface area contributed by atoms with E-state index in [-0.39, 0.29) is 0 Å². The highest BCUT2D eigenvalue weighted by molar-refractivity contribution is 7.39. The van der Waals surface area contributed by atoms with Crippen LogP contribution in [0.1, 0.15) is 53.9 Å². The highest BCUT2D eigenvalue weighted by atomic mass is 35.5. The van der Waals surface area contributed by atoms with Gasteiger partial charge in [0.25, 0.3) is 0 Å². The molecule has 0 aliphatic heterocycles. The van der Waals surface area contributed by atoms with E-state index < -0.39 is 0 Å². The summed E-state index contributed by atoms with van der Waals surface area (Å²) in [6.07, 6.45) is 3.73. The zero-order valence-corrected chi connectivity index (χ0v) is 11.6. The zero-order valence-electron chi connectivity index (χ0n) is 9.86. The van der Waals surface area contributed by atoms with Gasteiger partial charge in [0.05, 0.1) is 0 Å². The molecule has 0 aromatic heterocycles. The molecule has 0 fully saturated rings. The Balaban J connectivity index is 0. The summed E-state index contributed by atoms with van der Waals surface area (Å²) in [6, 6.07) is 0. The Labute approximate surface area is 91.6 Å². The fraction of sp³-hybridized carbons (Fsp3) is 1.00. The standard InChI is InChI=1S/C6H15P.C5H11Cl/c1-5(2)7-6(3)4;1-2-3-4-5-6/h5-7H,1-4H3;2-5H2,1H3. The number of unbranched alkanes of at least 4 members (excludes halogenated alkanes) is 2. The first-order chi connectivity index (χ1) is 6.04. The monoisotopic (exact) mass is 224 g/mol. The summed E-state index contributed by atoms with van der Waals surface area (Å²) < 4.78 is 0. The molecule has 0 aliphatic rings. The van der Waals surface area contributed by atoms with Crippen LogP contribution < -0.4 is 0 Å². The minimum absolute atomic E-state index is 0.827. The smallest absolute Gasteiger partial charge is 0.0223 e. The molecule has 0 unspecified atom stereocenters. The maximum absolute atomic E-state index is 5.38. The van der Waals surface area contributed by atoms with Gasteiger partial charge in [-0.1, -0.05) is 47.5 Å². The van der Waals surface area contributed by atoms with Crippen molar-refractivity contribution >= 4 is 20.2 Å². The van der Waals surface area contributed by atoms with Crippen LogP contribution in [0.15, 0.2) is 0 Å². The molecule has 82 valence electrons. The Morgan fingerprint density at radius 2 is 1.46 bits per heavy atom. The van der Waals surface area contributed by atoms with E-state index in [0.29, 0.717) is 0 Å². The summed E-state index contributed by atoms with van der Waals surface area (Å²) in [7, 11) is 1.15. The van der Waals surface area contributed by atoms with Crippen LogP contribution in [0, 0.1) is 0 Å². The Bertz CT molecular complexity index is 72.2. The first-order valence-electron chi connectivity index (χ1n) is 5.36. The molecule has 0 atom stereocenters. The summed E-state index contributed by atoms with van der Waals surface area (Å²) in [4.78, 5) is 0. The van der Waals surface area contributed by atoms with Crippen molar-refractivity contribution in [1.29, 1.82) is 0 Å². The molecule has 0 radical (unpaired) electrons. The van der Waals surface area contributed by atoms with E-state index in [9.17, 15) is 0 Å². The fourth-order valence-corrected chi connectivity index (χ4v) is 2.53. The van der Waals surface area contributed by atoms with E-state index in [1.807, 2.05) is 0 Å². The van der Waals surface area contributed by atoms with Crippen LogP contribution in [0.2, 0.25) is 0 Å². The van der Waals surface area contributed by atoms with E-state index in [1.54, 1.807) is 0 Å². The normalized spacial score (nSPS) is 10.2. The third-order valence-electron chi connectivity index (χ3n) is 1.40. The molecule has 0 aliphatic carbocycles. The van der Waals surface area contributed by atoms with Crippen LogP contribution in [-0.2, 0) is 0 Å². The third kappa shape index (κ3) is 24.5. The molecular formula is C11H26ClP. The van der Waals surface area contributed by atoms with Crippen LogP contribution in [0.25, 0.3) is 0 Å². The second-order valence-corrected chi connectivity index (χ2v) is 6.89. The van der Waals surface area contributed by atoms with Crippen LogP contribution in [-0.4, -0.2) is 17.2 Å². The van der Waals surface area contributed by atoms with Gasteiger partial charge in [-0.2, -0.15) is 0 Å². The lowest BCUT2D eigenvalue weighted by Crippen LogP contribution is -1.90. The molecule has 0 aromatic rings. The maximum atomic E-state index is 5.38. The lowest BCUT2D eigenvalue weighted by atomic mass is 10.3. The Morgan fingerprint density at radius 3 is 1.54 bits per heavy atom. The molecule has 0 amide bonds. The number of hydrogen-bond donors (Lipinski definition) is 0. The summed E-state index contributed by atoms with van der Waals surface area (Å²) >= 11 is 5.38. The largest absolute Gasteiger partial charge is 0.127 e. The van der Waals surface area contributed by atoms with Crippen LogP contribution in [0.4, 0.5) is 0 Å². The first-order valence-corrected chi connectivity index (χ1v) is 7.05. The van der Waals surface area contributed by atoms with Gasteiger partial charge < -0.3 is 0 Å². The molecule has 2 heteroatoms. The molecule has 0 saturated carbocycles. The van der Waals surface area contributed by atoms with E-state index in [4.69, 9.17) is 11.6 Å². The van der Waals surface area contributed by atoms with Crippen molar-refractivity contribution in [2.45, 2.75) is 65.2 Å². The van der Waals surface area contributed by atoms with E-state index in [0.717, 1.165) is 25.8 Å². The van der Waals surface area contributed by atoms with Crippen molar-refractivity contribution in [2.24, 2.45) is 0 Å². The minimum Gasteiger partial charge on any atom is -0.127 e. The highest BCUT2D eigenvalue weighted by Gasteiger charge is 1.95. The van der Waals surface area contributed by atoms with Gasteiger partial charge in [0.15, 0.2) is 0 Å². The van der Waals surface area contributed by atoms with Gasteiger partial charge in [0, 0.05) is 5.88 Å². The van der Waals surface area contributed by atoms with Crippen molar-refractivity contribution < 1.29 is 0 Å². The fourth-order valence-electron chi connectivity index (χ4n) is 1.01. The van der Waals surface area contributed by atoms with Crippen LogP contribution >= 0.6 is 20.2 Å². The van der Waals surface area contributed by atoms with Crippen LogP contribution in [0.5, 0.6) is 0 Å². The van der Waals surface area contributed by atoms with Gasteiger partial charge in [-0.15, -0.1) is 20.2 Å². The molecule has 0 saturated heterocycles. The number of halogens is 1. The number of rotatable bonds is 5. The predicted octanol–water partition coefficient (Wildman–Crippen LogP) is 4.90. The molecular weight excluding hydrogens is 199 g/mol. The number of alkyl halides is 1. The van der Waals surface area contributed by atoms with Gasteiger partial charge >= 0.3 is 0 Å². The lowest BCUT2D eigenvalue weighted by Gasteiger charge is -2.06. The highest BCUT2D eigenvalue weighted by Crippen LogP contribution is 2.23. The van der Waals surface area contributed by atoms with E-state index in [2.05, 4.69) is 34.6 Å². The molecule has 13 heavy (non-hydrogen) atoms. The third-order valence-corrected chi connectivity index (χ3v) is 3.00. The first kappa shape index (κ1) is 16.2. The van der Waals surface area contributed by atoms with E-state index in [1.165, 1.54) is 19.3 Å². The Morgan fingerprint density at radius 1 is 1.00 bits per heavy atom. The van der Waals surface area contributed by atoms with Crippen molar-refractivity contribution in [2.75, 3.05) is 5.88 Å². The van der Waals surface area contributed by atoms with Gasteiger partial charge in [-0.3, -0.25) is 0 Å². The summed E-state index contributed by atoms with van der Waals surface area (Å²) in [5.41, 5.74) is 1.81. The zero-order chi connectivity index (χ0) is 10.7. The van der Waals surface area contributed by atoms with Gasteiger partial charge in [-0.05, 0) is 17.7 Å². The molecule has 0 heterocycles. The molecule has 0 rings (SSSR count). The Hall–Kier alpha value is 0.720. The lowest BCUT2D eigenvalue weighted by molar-refractivity contribution is 0.776. The molecule has 0 nitrogen and oxygen atoms in total. The van der Waals surface area contributed by atoms with Crippen molar-refractivity contribution in [3.63, 3.8) is 0 Å². The molecule has 0 aromatic carbocycles. The molecule has 0 N–H and O–H groups in total. The topological polar surface area (TPSA) is 0 Å². The Kier molecular flexibility index (Phi) is 15.8. The van der Waals surface area contributed by atoms with E-state index >= 15 is 0 Å². The van der Waals surface area contributed by atoms with Crippen molar-refractivity contribution in [1.82, 2.24) is 0 Å². The summed E-state index contributed by atoms with van der Waals surface area (Å²) in [6.45, 7) is 11.3. The SMILES string of the molecule is CC(C)PC(C)C.CCCCCCl. The predicted molar refractivity (Wildman–Crippen MR) is 68.8 cm³/mol. The van der Waals surface area contributed by atoms with Crippen molar-refractivity contribution in [3.8, 4) is 0 Å². The quantitative estimate of drug-likeness (QED) is 0.354. The second-order valence-electron chi connectivity index (χ2n) is 3.87. The summed E-state index contributed by atoms with van der Waals surface area (Å²) in [5.74, 6) is 0.827. The molecule has 0 bridgehead atoms. The van der Waals surface area contributed by atoms with Gasteiger partial charge in [0.2, 0.25) is 0 Å². The van der Waals surface area contributed by atoms with Crippen LogP contribution in [0.3, 0.4) is 0 Å². The van der Waals surface area contributed by atoms with Crippen molar-refractivity contribution in [3.05, 3.63) is 0 Å². The molecule has 0 spiro atoms. The summed E-state index contributed by atoms with van der Waals surface area (Å²) in [5, 5.41) is 0. The van der Waals surface area contributed by atoms with Gasteiger partial charge in [0.1, 0.15) is 0 Å². The second kappa shape index (κ2) is 12.7. The van der Waals surface area contributed by atoms with Gasteiger partial charge in [-0.25, -0.2) is 0 Å². The maximum Gasteiger partial charge on any atom is 0.0223 e. The average molecular weight is 225 g/mol.